The molecule has 0 aliphatic carbocycles. The third kappa shape index (κ3) is 2.47. The zero-order valence-electron chi connectivity index (χ0n) is 11.9. The molecule has 1 aromatic rings. The summed E-state index contributed by atoms with van der Waals surface area (Å²) in [6.07, 6.45) is 0. The third-order valence-corrected chi connectivity index (χ3v) is 3.66. The minimum absolute atomic E-state index is 0.212. The summed E-state index contributed by atoms with van der Waals surface area (Å²) >= 11 is 0. The van der Waals surface area contributed by atoms with Crippen LogP contribution in [0, 0.1) is 0 Å². The molecule has 0 bridgehead atoms. The molecule has 0 saturated carbocycles. The first-order valence-electron chi connectivity index (χ1n) is 7.05. The van der Waals surface area contributed by atoms with Gasteiger partial charge in [-0.25, -0.2) is 9.59 Å². The quantitative estimate of drug-likeness (QED) is 0.784. The third-order valence-electron chi connectivity index (χ3n) is 3.66. The molecular weight excluding hydrogens is 274 g/mol. The average Bonchev–Trinajstić information content (AvgIpc) is 2.89. The highest BCUT2D eigenvalue weighted by Crippen LogP contribution is 2.32. The van der Waals surface area contributed by atoms with E-state index in [0.29, 0.717) is 43.1 Å². The number of ether oxygens (including phenoxy) is 3. The monoisotopic (exact) mass is 291 g/mol. The first-order valence-corrected chi connectivity index (χ1v) is 7.05. The fourth-order valence-corrected chi connectivity index (χ4v) is 2.68. The molecule has 3 rings (SSSR count). The Morgan fingerprint density at radius 1 is 1.33 bits per heavy atom. The van der Waals surface area contributed by atoms with Crippen LogP contribution in [0.1, 0.15) is 33.2 Å². The molecule has 0 spiro atoms. The summed E-state index contributed by atoms with van der Waals surface area (Å²) in [4.78, 5) is 26.3. The van der Waals surface area contributed by atoms with E-state index in [9.17, 15) is 9.59 Å². The smallest absolute Gasteiger partial charge is 0.341 e. The van der Waals surface area contributed by atoms with Gasteiger partial charge in [-0.2, -0.15) is 0 Å². The number of nitrogens with zero attached hydrogens (tertiary/aromatic N) is 1. The van der Waals surface area contributed by atoms with E-state index in [0.717, 1.165) is 5.56 Å². The Morgan fingerprint density at radius 2 is 2.10 bits per heavy atom. The summed E-state index contributed by atoms with van der Waals surface area (Å²) in [6, 6.07) is 3.70. The Balaban J connectivity index is 2.08. The van der Waals surface area contributed by atoms with Crippen LogP contribution in [0.4, 0.5) is 5.69 Å². The normalized spacial score (nSPS) is 17.4. The average molecular weight is 291 g/mol. The van der Waals surface area contributed by atoms with Crippen LogP contribution in [0.15, 0.2) is 12.1 Å². The van der Waals surface area contributed by atoms with Crippen molar-refractivity contribution in [2.75, 3.05) is 37.8 Å². The van der Waals surface area contributed by atoms with Gasteiger partial charge in [0.1, 0.15) is 6.61 Å². The van der Waals surface area contributed by atoms with E-state index in [-0.39, 0.29) is 13.2 Å². The van der Waals surface area contributed by atoms with Gasteiger partial charge < -0.3 is 19.1 Å². The maximum atomic E-state index is 12.3. The van der Waals surface area contributed by atoms with E-state index in [1.54, 1.807) is 6.92 Å². The van der Waals surface area contributed by atoms with Gasteiger partial charge in [0, 0.05) is 18.7 Å². The zero-order valence-corrected chi connectivity index (χ0v) is 11.9. The second kappa shape index (κ2) is 5.73. The summed E-state index contributed by atoms with van der Waals surface area (Å²) in [5.41, 5.74) is 2.12. The lowest BCUT2D eigenvalue weighted by Gasteiger charge is -2.30. The minimum atomic E-state index is -0.477. The molecule has 2 aliphatic heterocycles. The second-order valence-electron chi connectivity index (χ2n) is 4.89. The number of morpholine rings is 1. The molecule has 2 heterocycles. The highest BCUT2D eigenvalue weighted by Gasteiger charge is 2.32. The highest BCUT2D eigenvalue weighted by molar-refractivity contribution is 6.09. The van der Waals surface area contributed by atoms with Crippen molar-refractivity contribution in [1.29, 1.82) is 0 Å². The van der Waals surface area contributed by atoms with Crippen molar-refractivity contribution in [3.8, 4) is 0 Å². The van der Waals surface area contributed by atoms with E-state index < -0.39 is 11.9 Å². The number of rotatable bonds is 3. The van der Waals surface area contributed by atoms with Gasteiger partial charge in [-0.05, 0) is 13.0 Å². The second-order valence-corrected chi connectivity index (χ2v) is 4.89. The van der Waals surface area contributed by atoms with Gasteiger partial charge in [-0.3, -0.25) is 0 Å². The first kappa shape index (κ1) is 13.9. The number of esters is 2. The molecule has 0 aromatic heterocycles. The van der Waals surface area contributed by atoms with Crippen LogP contribution in [-0.2, 0) is 20.8 Å². The minimum Gasteiger partial charge on any atom is -0.462 e. The zero-order chi connectivity index (χ0) is 14.8. The van der Waals surface area contributed by atoms with Crippen LogP contribution >= 0.6 is 0 Å². The van der Waals surface area contributed by atoms with E-state index >= 15 is 0 Å². The Labute approximate surface area is 122 Å². The van der Waals surface area contributed by atoms with Crippen LogP contribution in [0.3, 0.4) is 0 Å². The Kier molecular flexibility index (Phi) is 3.79. The van der Waals surface area contributed by atoms with Crippen molar-refractivity contribution in [3.05, 3.63) is 28.8 Å². The molecule has 1 aromatic carbocycles. The molecule has 1 fully saturated rings. The molecule has 0 unspecified atom stereocenters. The molecule has 6 nitrogen and oxygen atoms in total. The van der Waals surface area contributed by atoms with Gasteiger partial charge >= 0.3 is 11.9 Å². The lowest BCUT2D eigenvalue weighted by atomic mass is 10.00. The van der Waals surface area contributed by atoms with Crippen molar-refractivity contribution in [2.24, 2.45) is 0 Å². The van der Waals surface area contributed by atoms with Crippen molar-refractivity contribution in [1.82, 2.24) is 0 Å². The molecule has 112 valence electrons. The fraction of sp³-hybridized carbons (Fsp3) is 0.467. The molecule has 6 heteroatoms. The van der Waals surface area contributed by atoms with E-state index in [1.807, 2.05) is 17.0 Å². The van der Waals surface area contributed by atoms with Gasteiger partial charge in [0.2, 0.25) is 0 Å². The van der Waals surface area contributed by atoms with Gasteiger partial charge in [0.05, 0.1) is 36.6 Å². The van der Waals surface area contributed by atoms with Gasteiger partial charge in [0.25, 0.3) is 0 Å². The number of benzene rings is 1. The molecular formula is C15H17NO5. The predicted molar refractivity (Wildman–Crippen MR) is 74.6 cm³/mol. The van der Waals surface area contributed by atoms with Crippen LogP contribution in [0.25, 0.3) is 0 Å². The molecule has 0 radical (unpaired) electrons. The molecule has 2 aliphatic rings. The molecule has 1 saturated heterocycles. The Morgan fingerprint density at radius 3 is 2.81 bits per heavy atom. The summed E-state index contributed by atoms with van der Waals surface area (Å²) < 4.78 is 15.5. The van der Waals surface area contributed by atoms with Gasteiger partial charge in [-0.15, -0.1) is 0 Å². The molecule has 0 atom stereocenters. The summed E-state index contributed by atoms with van der Waals surface area (Å²) in [7, 11) is 0. The van der Waals surface area contributed by atoms with E-state index in [4.69, 9.17) is 14.2 Å². The van der Waals surface area contributed by atoms with Crippen LogP contribution in [0.2, 0.25) is 0 Å². The maximum absolute atomic E-state index is 12.3. The SMILES string of the molecule is CCOC(=O)c1c(N2CCOCC2)ccc2c1C(=O)OC2. The number of carbonyl (C=O) groups excluding carboxylic acids is 2. The number of anilines is 1. The van der Waals surface area contributed by atoms with Crippen LogP contribution < -0.4 is 4.90 Å². The van der Waals surface area contributed by atoms with Crippen molar-refractivity contribution in [2.45, 2.75) is 13.5 Å². The Bertz CT molecular complexity index is 578. The number of hydrogen-bond acceptors (Lipinski definition) is 6. The lowest BCUT2D eigenvalue weighted by Crippen LogP contribution is -2.37. The fourth-order valence-electron chi connectivity index (χ4n) is 2.68. The maximum Gasteiger partial charge on any atom is 0.341 e. The molecule has 21 heavy (non-hydrogen) atoms. The molecule has 0 amide bonds. The summed E-state index contributed by atoms with van der Waals surface area (Å²) in [5, 5.41) is 0. The standard InChI is InChI=1S/C15H17NO5/c1-2-20-15(18)13-11(16-5-7-19-8-6-16)4-3-10-9-21-14(17)12(10)13/h3-4H,2,5-9H2,1H3. The number of hydrogen-bond donors (Lipinski definition) is 0. The molecule has 0 N–H and O–H groups in total. The largest absolute Gasteiger partial charge is 0.462 e. The van der Waals surface area contributed by atoms with Gasteiger partial charge in [0.15, 0.2) is 0 Å². The number of cyclic esters (lactones) is 1. The van der Waals surface area contributed by atoms with E-state index in [1.165, 1.54) is 0 Å². The van der Waals surface area contributed by atoms with Crippen molar-refractivity contribution < 1.29 is 23.8 Å². The van der Waals surface area contributed by atoms with Crippen LogP contribution in [-0.4, -0.2) is 44.8 Å². The Hall–Kier alpha value is -2.08. The summed E-state index contributed by atoms with van der Waals surface area (Å²) in [6.45, 7) is 4.78. The highest BCUT2D eigenvalue weighted by atomic mass is 16.5. The van der Waals surface area contributed by atoms with Gasteiger partial charge in [-0.1, -0.05) is 6.07 Å². The van der Waals surface area contributed by atoms with Crippen molar-refractivity contribution >= 4 is 17.6 Å². The lowest BCUT2D eigenvalue weighted by molar-refractivity contribution is 0.0491. The van der Waals surface area contributed by atoms with Crippen LogP contribution in [0.5, 0.6) is 0 Å². The van der Waals surface area contributed by atoms with Crippen molar-refractivity contribution in [3.63, 3.8) is 0 Å². The van der Waals surface area contributed by atoms with E-state index in [2.05, 4.69) is 0 Å². The predicted octanol–water partition coefficient (Wildman–Crippen LogP) is 1.37. The number of carbonyl (C=O) groups is 2. The number of fused-ring (bicyclic) bond motifs is 1. The summed E-state index contributed by atoms with van der Waals surface area (Å²) in [5.74, 6) is -0.933. The first-order chi connectivity index (χ1) is 10.2. The topological polar surface area (TPSA) is 65.1 Å².